The molecule has 0 aliphatic carbocycles. The first-order chi connectivity index (χ1) is 9.63. The maximum Gasteiger partial charge on any atom is 0.365 e. The second kappa shape index (κ2) is 4.90. The van der Waals surface area contributed by atoms with Gasteiger partial charge < -0.3 is 8.94 Å². The number of hydrogen-bond acceptors (Lipinski definition) is 3. The van der Waals surface area contributed by atoms with Crippen LogP contribution in [0.2, 0.25) is 5.02 Å². The Morgan fingerprint density at radius 1 is 1.15 bits per heavy atom. The standard InChI is InChI=1S/C15H10ClNO3/c1-9-13(15(18)20-17-9)8-12-6-7-14(19-12)10-2-4-11(16)5-3-10/h2-8,17H,1H2/b13-8+. The van der Waals surface area contributed by atoms with E-state index in [2.05, 4.69) is 16.3 Å². The number of aromatic amines is 1. The van der Waals surface area contributed by atoms with E-state index in [1.165, 1.54) is 0 Å². The molecule has 5 heteroatoms. The van der Waals surface area contributed by atoms with E-state index in [4.69, 9.17) is 16.0 Å². The molecule has 0 radical (unpaired) electrons. The number of halogens is 1. The van der Waals surface area contributed by atoms with E-state index in [1.54, 1.807) is 24.3 Å². The van der Waals surface area contributed by atoms with E-state index >= 15 is 0 Å². The average molecular weight is 288 g/mol. The summed E-state index contributed by atoms with van der Waals surface area (Å²) in [6.45, 7) is 3.68. The van der Waals surface area contributed by atoms with Crippen LogP contribution in [-0.2, 0) is 0 Å². The van der Waals surface area contributed by atoms with Crippen molar-refractivity contribution in [2.75, 3.05) is 0 Å². The van der Waals surface area contributed by atoms with Crippen LogP contribution < -0.4 is 16.2 Å². The molecule has 0 atom stereocenters. The highest BCUT2D eigenvalue weighted by Crippen LogP contribution is 2.23. The van der Waals surface area contributed by atoms with E-state index in [0.29, 0.717) is 27.1 Å². The predicted octanol–water partition coefficient (Wildman–Crippen LogP) is 2.12. The summed E-state index contributed by atoms with van der Waals surface area (Å²) in [5, 5.41) is 3.85. The summed E-state index contributed by atoms with van der Waals surface area (Å²) in [5.74, 6) is 1.24. The van der Waals surface area contributed by atoms with Gasteiger partial charge >= 0.3 is 5.63 Å². The molecule has 3 rings (SSSR count). The average Bonchev–Trinajstić information content (AvgIpc) is 3.02. The lowest BCUT2D eigenvalue weighted by molar-refractivity contribution is 0.386. The quantitative estimate of drug-likeness (QED) is 0.785. The molecule has 1 N–H and O–H groups in total. The van der Waals surface area contributed by atoms with Crippen LogP contribution in [0.4, 0.5) is 0 Å². The Labute approximate surface area is 118 Å². The third-order valence-electron chi connectivity index (χ3n) is 2.85. The Bertz CT molecular complexity index is 869. The molecule has 20 heavy (non-hydrogen) atoms. The smallest absolute Gasteiger partial charge is 0.365 e. The lowest BCUT2D eigenvalue weighted by Gasteiger charge is -1.96. The number of furan rings is 1. The molecule has 3 aromatic rings. The van der Waals surface area contributed by atoms with Gasteiger partial charge in [0, 0.05) is 10.6 Å². The Morgan fingerprint density at radius 3 is 2.55 bits per heavy atom. The van der Waals surface area contributed by atoms with Crippen LogP contribution in [0.5, 0.6) is 0 Å². The molecule has 0 amide bonds. The number of aromatic nitrogens is 1. The zero-order valence-corrected chi connectivity index (χ0v) is 11.1. The largest absolute Gasteiger partial charge is 0.457 e. The minimum absolute atomic E-state index is 0.349. The van der Waals surface area contributed by atoms with Gasteiger partial charge in [-0.25, -0.2) is 9.95 Å². The Balaban J connectivity index is 2.03. The summed E-state index contributed by atoms with van der Waals surface area (Å²) in [6, 6.07) is 10.9. The van der Waals surface area contributed by atoms with Crippen molar-refractivity contribution in [2.45, 2.75) is 0 Å². The van der Waals surface area contributed by atoms with Crippen LogP contribution in [0.3, 0.4) is 0 Å². The summed E-state index contributed by atoms with van der Waals surface area (Å²) >= 11 is 5.84. The lowest BCUT2D eigenvalue weighted by atomic mass is 10.2. The summed E-state index contributed by atoms with van der Waals surface area (Å²) in [4.78, 5) is 11.4. The van der Waals surface area contributed by atoms with Crippen LogP contribution in [0.25, 0.3) is 24.0 Å². The van der Waals surface area contributed by atoms with Crippen LogP contribution in [-0.4, -0.2) is 5.16 Å². The number of hydrogen-bond donors (Lipinski definition) is 1. The number of H-pyrrole nitrogens is 1. The molecule has 4 nitrogen and oxygen atoms in total. The summed E-state index contributed by atoms with van der Waals surface area (Å²) in [5.41, 5.74) is 0.435. The SMILES string of the molecule is C=c1[nH]oc(=O)/c1=C/c1ccc(-c2ccc(Cl)cc2)o1. The Kier molecular flexibility index (Phi) is 3.08. The van der Waals surface area contributed by atoms with Crippen molar-refractivity contribution in [3.8, 4) is 11.3 Å². The van der Waals surface area contributed by atoms with Gasteiger partial charge in [0.25, 0.3) is 0 Å². The fraction of sp³-hybridized carbons (Fsp3) is 0. The molecule has 0 aliphatic rings. The number of nitrogens with one attached hydrogen (secondary N) is 1. The Morgan fingerprint density at radius 2 is 1.90 bits per heavy atom. The van der Waals surface area contributed by atoms with E-state index < -0.39 is 5.63 Å². The molecule has 1 aromatic carbocycles. The second-order valence-electron chi connectivity index (χ2n) is 4.24. The van der Waals surface area contributed by atoms with Gasteiger partial charge in [-0.2, -0.15) is 0 Å². The van der Waals surface area contributed by atoms with Crippen LogP contribution in [0.1, 0.15) is 5.76 Å². The van der Waals surface area contributed by atoms with Crippen molar-refractivity contribution in [1.82, 2.24) is 5.16 Å². The Hall–Kier alpha value is -2.46. The summed E-state index contributed by atoms with van der Waals surface area (Å²) < 4.78 is 10.3. The van der Waals surface area contributed by atoms with Crippen molar-refractivity contribution in [1.29, 1.82) is 0 Å². The van der Waals surface area contributed by atoms with Crippen LogP contribution in [0, 0.1) is 0 Å². The zero-order valence-electron chi connectivity index (χ0n) is 10.4. The minimum Gasteiger partial charge on any atom is -0.457 e. The first-order valence-electron chi connectivity index (χ1n) is 5.87. The first kappa shape index (κ1) is 12.6. The van der Waals surface area contributed by atoms with Gasteiger partial charge in [-0.05, 0) is 42.5 Å². The van der Waals surface area contributed by atoms with Crippen molar-refractivity contribution >= 4 is 24.3 Å². The molecule has 0 aliphatic heterocycles. The molecular weight excluding hydrogens is 278 g/mol. The third kappa shape index (κ3) is 2.33. The predicted molar refractivity (Wildman–Crippen MR) is 76.8 cm³/mol. The van der Waals surface area contributed by atoms with E-state index in [9.17, 15) is 4.79 Å². The van der Waals surface area contributed by atoms with E-state index in [-0.39, 0.29) is 0 Å². The second-order valence-corrected chi connectivity index (χ2v) is 4.67. The topological polar surface area (TPSA) is 59.1 Å². The summed E-state index contributed by atoms with van der Waals surface area (Å²) in [7, 11) is 0. The van der Waals surface area contributed by atoms with Crippen molar-refractivity contribution in [3.05, 3.63) is 68.2 Å². The molecule has 2 heterocycles. The van der Waals surface area contributed by atoms with Gasteiger partial charge in [0.05, 0.1) is 10.6 Å². The van der Waals surface area contributed by atoms with E-state index in [0.717, 1.165) is 5.56 Å². The van der Waals surface area contributed by atoms with Gasteiger partial charge in [0.2, 0.25) is 0 Å². The molecule has 0 fully saturated rings. The first-order valence-corrected chi connectivity index (χ1v) is 6.25. The van der Waals surface area contributed by atoms with Gasteiger partial charge in [0.1, 0.15) is 11.5 Å². The molecule has 0 saturated carbocycles. The fourth-order valence-electron chi connectivity index (χ4n) is 1.83. The summed E-state index contributed by atoms with van der Waals surface area (Å²) in [6.07, 6.45) is 1.59. The maximum absolute atomic E-state index is 11.4. The molecule has 0 unspecified atom stereocenters. The molecule has 0 saturated heterocycles. The van der Waals surface area contributed by atoms with Crippen LogP contribution >= 0.6 is 11.6 Å². The lowest BCUT2D eigenvalue weighted by Crippen LogP contribution is -2.31. The maximum atomic E-state index is 11.4. The van der Waals surface area contributed by atoms with Gasteiger partial charge in [-0.1, -0.05) is 18.2 Å². The number of rotatable bonds is 2. The van der Waals surface area contributed by atoms with Crippen molar-refractivity contribution in [2.24, 2.45) is 0 Å². The molecule has 100 valence electrons. The highest BCUT2D eigenvalue weighted by molar-refractivity contribution is 6.30. The van der Waals surface area contributed by atoms with E-state index in [1.807, 2.05) is 18.2 Å². The number of benzene rings is 1. The van der Waals surface area contributed by atoms with Gasteiger partial charge in [0.15, 0.2) is 0 Å². The highest BCUT2D eigenvalue weighted by Gasteiger charge is 2.04. The van der Waals surface area contributed by atoms with Crippen LogP contribution in [0.15, 0.2) is 50.1 Å². The minimum atomic E-state index is -0.473. The fourth-order valence-corrected chi connectivity index (χ4v) is 1.96. The molecular formula is C15H10ClNO3. The highest BCUT2D eigenvalue weighted by atomic mass is 35.5. The zero-order chi connectivity index (χ0) is 14.1. The monoisotopic (exact) mass is 287 g/mol. The molecule has 0 spiro atoms. The normalized spacial score (nSPS) is 11.9. The molecule has 2 aromatic heterocycles. The molecule has 0 bridgehead atoms. The third-order valence-corrected chi connectivity index (χ3v) is 3.11. The van der Waals surface area contributed by atoms with Gasteiger partial charge in [-0.3, -0.25) is 0 Å². The van der Waals surface area contributed by atoms with Gasteiger partial charge in [-0.15, -0.1) is 0 Å². The van der Waals surface area contributed by atoms with Crippen molar-refractivity contribution in [3.63, 3.8) is 0 Å². The van der Waals surface area contributed by atoms with Crippen molar-refractivity contribution < 1.29 is 8.94 Å².